The first-order valence-electron chi connectivity index (χ1n) is 15.9. The molecular weight excluding hydrogens is 640 g/mol. The van der Waals surface area contributed by atoms with E-state index in [9.17, 15) is 18.0 Å². The van der Waals surface area contributed by atoms with Crippen LogP contribution in [0.4, 0.5) is 4.79 Å². The topological polar surface area (TPSA) is 111 Å². The molecule has 0 bridgehead atoms. The number of benzene rings is 2. The van der Waals surface area contributed by atoms with Gasteiger partial charge in [0.05, 0.1) is 4.90 Å². The quantitative estimate of drug-likeness (QED) is 0.249. The van der Waals surface area contributed by atoms with E-state index in [-0.39, 0.29) is 22.8 Å². The number of carbonyl (C=O) groups excluding carboxylic acids is 2. The highest BCUT2D eigenvalue weighted by Crippen LogP contribution is 2.47. The second-order valence-electron chi connectivity index (χ2n) is 13.6. The van der Waals surface area contributed by atoms with E-state index in [1.165, 1.54) is 3.97 Å². The molecule has 47 heavy (non-hydrogen) atoms. The molecule has 0 radical (unpaired) electrons. The van der Waals surface area contributed by atoms with Crippen LogP contribution in [0, 0.1) is 6.92 Å². The van der Waals surface area contributed by atoms with E-state index in [4.69, 9.17) is 21.1 Å². The van der Waals surface area contributed by atoms with Gasteiger partial charge in [0.15, 0.2) is 11.8 Å². The average Bonchev–Trinajstić information content (AvgIpc) is 3.65. The van der Waals surface area contributed by atoms with Gasteiger partial charge in [-0.25, -0.2) is 22.2 Å². The van der Waals surface area contributed by atoms with Crippen LogP contribution in [0.5, 0.6) is 5.75 Å². The number of aryl methyl sites for hydroxylation is 1. The molecule has 1 saturated heterocycles. The Bertz CT molecular complexity index is 2010. The van der Waals surface area contributed by atoms with Crippen LogP contribution in [-0.4, -0.2) is 77.1 Å². The molecular formula is C35H37ClN4O6S. The third-order valence-electron chi connectivity index (χ3n) is 8.85. The number of nitrogens with zero attached hydrogens (tertiary/aromatic N) is 4. The van der Waals surface area contributed by atoms with Gasteiger partial charge in [-0.15, -0.1) is 0 Å². The lowest BCUT2D eigenvalue weighted by Crippen LogP contribution is -2.54. The molecule has 3 aliphatic rings. The molecule has 4 heterocycles. The minimum Gasteiger partial charge on any atom is -0.479 e. The van der Waals surface area contributed by atoms with Crippen molar-refractivity contribution in [3.05, 3.63) is 76.6 Å². The van der Waals surface area contributed by atoms with Gasteiger partial charge in [-0.1, -0.05) is 29.3 Å². The van der Waals surface area contributed by atoms with Gasteiger partial charge in [-0.3, -0.25) is 4.79 Å². The Morgan fingerprint density at radius 2 is 1.64 bits per heavy atom. The number of fused-ring (bicyclic) bond motifs is 2. The Labute approximate surface area is 279 Å². The summed E-state index contributed by atoms with van der Waals surface area (Å²) in [4.78, 5) is 34.3. The normalized spacial score (nSPS) is 18.3. The summed E-state index contributed by atoms with van der Waals surface area (Å²) in [5.41, 5.74) is 3.64. The number of rotatable bonds is 5. The van der Waals surface area contributed by atoms with Crippen LogP contribution in [0.1, 0.15) is 56.4 Å². The molecule has 2 amide bonds. The molecule has 246 valence electrons. The Morgan fingerprint density at radius 1 is 0.957 bits per heavy atom. The number of piperazine rings is 1. The van der Waals surface area contributed by atoms with Gasteiger partial charge in [0.1, 0.15) is 11.4 Å². The number of amides is 2. The minimum atomic E-state index is -3.93. The highest BCUT2D eigenvalue weighted by atomic mass is 35.5. The Kier molecular flexibility index (Phi) is 7.75. The van der Waals surface area contributed by atoms with Gasteiger partial charge in [-0.2, -0.15) is 0 Å². The summed E-state index contributed by atoms with van der Waals surface area (Å²) < 4.78 is 41.4. The van der Waals surface area contributed by atoms with Crippen LogP contribution in [-0.2, 0) is 26.0 Å². The molecule has 1 saturated carbocycles. The SMILES string of the molecule is Cc1ccc(S(=O)(=O)n2c(C3CC3)cc3c(-c4cc(Cl)cc5c4OC(C(=O)N4CCN(C(=O)OC(C)(C)C)CC4)C5)ccnc32)cc1. The van der Waals surface area contributed by atoms with Crippen molar-refractivity contribution in [3.63, 3.8) is 0 Å². The van der Waals surface area contributed by atoms with Crippen LogP contribution in [0.3, 0.4) is 0 Å². The summed E-state index contributed by atoms with van der Waals surface area (Å²) >= 11 is 6.64. The van der Waals surface area contributed by atoms with Crippen LogP contribution < -0.4 is 4.74 Å². The summed E-state index contributed by atoms with van der Waals surface area (Å²) in [6, 6.07) is 14.2. The number of hydrogen-bond acceptors (Lipinski definition) is 7. The molecule has 2 aliphatic heterocycles. The van der Waals surface area contributed by atoms with E-state index < -0.39 is 21.7 Å². The highest BCUT2D eigenvalue weighted by molar-refractivity contribution is 7.90. The molecule has 2 aromatic carbocycles. The fourth-order valence-corrected chi connectivity index (χ4v) is 8.15. The van der Waals surface area contributed by atoms with Crippen molar-refractivity contribution in [1.82, 2.24) is 18.8 Å². The fourth-order valence-electron chi connectivity index (χ4n) is 6.36. The van der Waals surface area contributed by atoms with E-state index >= 15 is 0 Å². The molecule has 2 fully saturated rings. The first-order chi connectivity index (χ1) is 22.3. The van der Waals surface area contributed by atoms with Gasteiger partial charge < -0.3 is 19.3 Å². The molecule has 4 aromatic rings. The van der Waals surface area contributed by atoms with Crippen molar-refractivity contribution in [2.24, 2.45) is 0 Å². The lowest BCUT2D eigenvalue weighted by atomic mass is 9.99. The van der Waals surface area contributed by atoms with Crippen molar-refractivity contribution < 1.29 is 27.5 Å². The Balaban J connectivity index is 1.19. The van der Waals surface area contributed by atoms with Crippen LogP contribution in [0.25, 0.3) is 22.2 Å². The number of hydrogen-bond donors (Lipinski definition) is 0. The maximum absolute atomic E-state index is 14.1. The largest absolute Gasteiger partial charge is 0.479 e. The molecule has 0 spiro atoms. The molecule has 2 aromatic heterocycles. The molecule has 0 N–H and O–H groups in total. The maximum atomic E-state index is 14.1. The van der Waals surface area contributed by atoms with Gasteiger partial charge in [0.25, 0.3) is 15.9 Å². The van der Waals surface area contributed by atoms with Gasteiger partial charge >= 0.3 is 6.09 Å². The summed E-state index contributed by atoms with van der Waals surface area (Å²) in [5, 5.41) is 1.16. The number of aromatic nitrogens is 2. The lowest BCUT2D eigenvalue weighted by Gasteiger charge is -2.36. The zero-order valence-corrected chi connectivity index (χ0v) is 28.4. The van der Waals surface area contributed by atoms with E-state index in [0.29, 0.717) is 65.7 Å². The first kappa shape index (κ1) is 31.5. The monoisotopic (exact) mass is 676 g/mol. The number of ether oxygens (including phenoxy) is 2. The van der Waals surface area contributed by atoms with E-state index in [2.05, 4.69) is 4.98 Å². The summed E-state index contributed by atoms with van der Waals surface area (Å²) in [7, 11) is -3.93. The van der Waals surface area contributed by atoms with Crippen LogP contribution in [0.2, 0.25) is 5.02 Å². The molecule has 1 unspecified atom stereocenters. The van der Waals surface area contributed by atoms with Crippen molar-refractivity contribution >= 4 is 44.7 Å². The minimum absolute atomic E-state index is 0.122. The molecule has 12 heteroatoms. The highest BCUT2D eigenvalue weighted by Gasteiger charge is 2.38. The van der Waals surface area contributed by atoms with Crippen molar-refractivity contribution in [2.45, 2.75) is 69.5 Å². The lowest BCUT2D eigenvalue weighted by molar-refractivity contribution is -0.139. The Morgan fingerprint density at radius 3 is 2.30 bits per heavy atom. The third kappa shape index (κ3) is 5.95. The molecule has 1 atom stereocenters. The van der Waals surface area contributed by atoms with E-state index in [1.54, 1.807) is 46.3 Å². The summed E-state index contributed by atoms with van der Waals surface area (Å²) in [5.74, 6) is 0.518. The smallest absolute Gasteiger partial charge is 0.410 e. The van der Waals surface area contributed by atoms with E-state index in [0.717, 1.165) is 29.5 Å². The fraction of sp³-hybridized carbons (Fsp3) is 0.400. The van der Waals surface area contributed by atoms with Crippen molar-refractivity contribution in [3.8, 4) is 16.9 Å². The van der Waals surface area contributed by atoms with Gasteiger partial charge in [0, 0.05) is 71.9 Å². The standard InChI is InChI=1S/C35H37ClN4O6S/c1-21-5-9-25(10-6-21)47(43,44)40-29(22-7-8-22)20-28-26(11-12-37-32(28)40)27-19-24(36)17-23-18-30(45-31(23)27)33(41)38-13-15-39(16-14-38)34(42)46-35(2,3)4/h5-6,9-12,17,19-20,22,30H,7-8,13-16,18H2,1-4H3. The second kappa shape index (κ2) is 11.6. The number of carbonyl (C=O) groups is 2. The molecule has 1 aliphatic carbocycles. The predicted molar refractivity (Wildman–Crippen MR) is 178 cm³/mol. The van der Waals surface area contributed by atoms with Crippen LogP contribution in [0.15, 0.2) is 59.6 Å². The first-order valence-corrected chi connectivity index (χ1v) is 17.7. The predicted octanol–water partition coefficient (Wildman–Crippen LogP) is 6.16. The third-order valence-corrected chi connectivity index (χ3v) is 10.8. The molecule has 10 nitrogen and oxygen atoms in total. The molecule has 7 rings (SSSR count). The maximum Gasteiger partial charge on any atom is 0.410 e. The summed E-state index contributed by atoms with van der Waals surface area (Å²) in [6.45, 7) is 8.89. The van der Waals surface area contributed by atoms with Gasteiger partial charge in [-0.05, 0) is 82.5 Å². The second-order valence-corrected chi connectivity index (χ2v) is 15.8. The zero-order chi connectivity index (χ0) is 33.2. The van der Waals surface area contributed by atoms with Gasteiger partial charge in [0.2, 0.25) is 0 Å². The Hall–Kier alpha value is -4.09. The number of pyridine rings is 1. The van der Waals surface area contributed by atoms with Crippen LogP contribution >= 0.6 is 11.6 Å². The van der Waals surface area contributed by atoms with E-state index in [1.807, 2.05) is 45.9 Å². The summed E-state index contributed by atoms with van der Waals surface area (Å²) in [6.07, 6.45) is 2.62. The average molecular weight is 677 g/mol. The van der Waals surface area contributed by atoms with Crippen molar-refractivity contribution in [1.29, 1.82) is 0 Å². The van der Waals surface area contributed by atoms with Crippen molar-refractivity contribution in [2.75, 3.05) is 26.2 Å². The zero-order valence-electron chi connectivity index (χ0n) is 26.8. The number of halogens is 1.